The fraction of sp³-hybridized carbons (Fsp3) is 0.583. The molecular formula is C24H30N4O7. The number of benzene rings is 1. The second-order valence-electron chi connectivity index (χ2n) is 9.54. The van der Waals surface area contributed by atoms with Gasteiger partial charge in [0.15, 0.2) is 17.5 Å². The van der Waals surface area contributed by atoms with Gasteiger partial charge in [-0.2, -0.15) is 0 Å². The molecule has 0 saturated carbocycles. The van der Waals surface area contributed by atoms with Crippen LogP contribution in [-0.4, -0.2) is 95.7 Å². The molecule has 2 N–H and O–H groups in total. The third-order valence-electron chi connectivity index (χ3n) is 7.41. The van der Waals surface area contributed by atoms with Gasteiger partial charge in [-0.15, -0.1) is 0 Å². The molecule has 0 bridgehead atoms. The van der Waals surface area contributed by atoms with Gasteiger partial charge in [-0.3, -0.25) is 9.59 Å². The Morgan fingerprint density at radius 2 is 1.69 bits per heavy atom. The van der Waals surface area contributed by atoms with E-state index in [-0.39, 0.29) is 32.2 Å². The third-order valence-corrected chi connectivity index (χ3v) is 7.41. The van der Waals surface area contributed by atoms with Crippen LogP contribution in [0.5, 0.6) is 11.5 Å². The first-order valence-corrected chi connectivity index (χ1v) is 12.1. The Morgan fingerprint density at radius 1 is 1.00 bits per heavy atom. The highest BCUT2D eigenvalue weighted by Crippen LogP contribution is 2.36. The first-order valence-electron chi connectivity index (χ1n) is 12.1. The lowest BCUT2D eigenvalue weighted by Gasteiger charge is -2.47. The summed E-state index contributed by atoms with van der Waals surface area (Å²) in [4.78, 5) is 54.6. The highest BCUT2D eigenvalue weighted by atomic mass is 16.7. The predicted molar refractivity (Wildman–Crippen MR) is 122 cm³/mol. The molecule has 188 valence electrons. The standard InChI is InChI=1S/C24H30N4O7/c29-20(13-16-1-2-18-19(12-16)35-14-34-18)26-7-9-27(10-8-26)24(33)28-21(23(31)32)17(22(28)30)11-15-3-5-25-6-4-15/h1-2,12,15,17,21,25H,3-11,13-14H2,(H,31,32)/t17-,21+/m1/s1. The number of nitrogens with zero attached hydrogens (tertiary/aromatic N) is 3. The van der Waals surface area contributed by atoms with Gasteiger partial charge in [0.2, 0.25) is 18.6 Å². The number of carboxylic acid groups (broad SMARTS) is 1. The van der Waals surface area contributed by atoms with Crippen molar-refractivity contribution in [2.45, 2.75) is 31.7 Å². The molecule has 1 aromatic carbocycles. The van der Waals surface area contributed by atoms with Gasteiger partial charge in [-0.1, -0.05) is 6.07 Å². The van der Waals surface area contributed by atoms with E-state index in [9.17, 15) is 24.3 Å². The monoisotopic (exact) mass is 486 g/mol. The van der Waals surface area contributed by atoms with E-state index in [1.807, 2.05) is 6.07 Å². The maximum absolute atomic E-state index is 13.0. The first-order chi connectivity index (χ1) is 16.9. The molecule has 11 heteroatoms. The summed E-state index contributed by atoms with van der Waals surface area (Å²) in [5, 5.41) is 13.0. The van der Waals surface area contributed by atoms with Crippen LogP contribution >= 0.6 is 0 Å². The zero-order chi connectivity index (χ0) is 24.5. The van der Waals surface area contributed by atoms with Gasteiger partial charge in [-0.25, -0.2) is 14.5 Å². The van der Waals surface area contributed by atoms with Crippen molar-refractivity contribution in [1.29, 1.82) is 0 Å². The maximum Gasteiger partial charge on any atom is 0.327 e. The van der Waals surface area contributed by atoms with Gasteiger partial charge in [0.05, 0.1) is 12.3 Å². The number of hydrogen-bond acceptors (Lipinski definition) is 7. The van der Waals surface area contributed by atoms with Crippen LogP contribution in [0.3, 0.4) is 0 Å². The minimum absolute atomic E-state index is 0.0681. The van der Waals surface area contributed by atoms with E-state index >= 15 is 0 Å². The van der Waals surface area contributed by atoms with Crippen LogP contribution in [0.4, 0.5) is 4.79 Å². The number of piperidine rings is 1. The topological polar surface area (TPSA) is 129 Å². The number of likely N-dealkylation sites (tertiary alicyclic amines) is 1. The van der Waals surface area contributed by atoms with Crippen LogP contribution < -0.4 is 14.8 Å². The molecule has 4 heterocycles. The fourth-order valence-corrected chi connectivity index (χ4v) is 5.39. The van der Waals surface area contributed by atoms with E-state index in [4.69, 9.17) is 9.47 Å². The molecule has 3 saturated heterocycles. The molecule has 0 aliphatic carbocycles. The predicted octanol–water partition coefficient (Wildman–Crippen LogP) is 0.523. The van der Waals surface area contributed by atoms with Crippen molar-refractivity contribution in [2.24, 2.45) is 11.8 Å². The van der Waals surface area contributed by atoms with E-state index in [0.717, 1.165) is 36.4 Å². The van der Waals surface area contributed by atoms with Crippen LogP contribution in [-0.2, 0) is 20.8 Å². The molecular weight excluding hydrogens is 456 g/mol. The highest BCUT2D eigenvalue weighted by molar-refractivity contribution is 6.07. The number of β-lactam (4-membered cyclic amide) rings is 1. The van der Waals surface area contributed by atoms with Crippen molar-refractivity contribution >= 4 is 23.8 Å². The smallest absolute Gasteiger partial charge is 0.327 e. The minimum atomic E-state index is -1.14. The number of carbonyl (C=O) groups excluding carboxylic acids is 3. The summed E-state index contributed by atoms with van der Waals surface area (Å²) >= 11 is 0. The Kier molecular flexibility index (Phi) is 6.50. The second-order valence-corrected chi connectivity index (χ2v) is 9.54. The zero-order valence-electron chi connectivity index (χ0n) is 19.5. The van der Waals surface area contributed by atoms with Crippen LogP contribution in [0.1, 0.15) is 24.8 Å². The fourth-order valence-electron chi connectivity index (χ4n) is 5.39. The molecule has 4 aliphatic heterocycles. The van der Waals surface area contributed by atoms with Crippen LogP contribution in [0, 0.1) is 11.8 Å². The van der Waals surface area contributed by atoms with Crippen LogP contribution in [0.2, 0.25) is 0 Å². The normalized spacial score (nSPS) is 24.3. The number of rotatable bonds is 5. The average Bonchev–Trinajstić information content (AvgIpc) is 3.33. The number of aliphatic carboxylic acids is 1. The Morgan fingerprint density at radius 3 is 2.40 bits per heavy atom. The van der Waals surface area contributed by atoms with E-state index in [2.05, 4.69) is 5.32 Å². The highest BCUT2D eigenvalue weighted by Gasteiger charge is 2.56. The molecule has 5 rings (SSSR count). The molecule has 4 aliphatic rings. The number of carbonyl (C=O) groups is 4. The Hall–Kier alpha value is -3.34. The number of carboxylic acids is 1. The summed E-state index contributed by atoms with van der Waals surface area (Å²) in [6.45, 7) is 3.05. The number of amides is 4. The molecule has 1 aromatic rings. The van der Waals surface area contributed by atoms with Gasteiger partial charge in [0, 0.05) is 26.2 Å². The van der Waals surface area contributed by atoms with Crippen molar-refractivity contribution in [3.8, 4) is 11.5 Å². The van der Waals surface area contributed by atoms with E-state index in [0.29, 0.717) is 36.9 Å². The number of piperazine rings is 1. The quantitative estimate of drug-likeness (QED) is 0.577. The molecule has 0 radical (unpaired) electrons. The number of urea groups is 1. The molecule has 4 amide bonds. The van der Waals surface area contributed by atoms with Gasteiger partial charge in [0.25, 0.3) is 0 Å². The largest absolute Gasteiger partial charge is 0.480 e. The minimum Gasteiger partial charge on any atom is -0.480 e. The van der Waals surface area contributed by atoms with E-state index in [1.54, 1.807) is 17.0 Å². The van der Waals surface area contributed by atoms with E-state index in [1.165, 1.54) is 4.90 Å². The van der Waals surface area contributed by atoms with Crippen molar-refractivity contribution in [2.75, 3.05) is 46.1 Å². The molecule has 2 atom stereocenters. The number of hydrogen-bond donors (Lipinski definition) is 2. The lowest BCUT2D eigenvalue weighted by molar-refractivity contribution is -0.167. The lowest BCUT2D eigenvalue weighted by Crippen LogP contribution is -2.69. The Balaban J connectivity index is 1.14. The average molecular weight is 487 g/mol. The number of fused-ring (bicyclic) bond motifs is 1. The number of nitrogens with one attached hydrogen (secondary N) is 1. The molecule has 0 spiro atoms. The summed E-state index contributed by atoms with van der Waals surface area (Å²) < 4.78 is 10.7. The SMILES string of the molecule is O=C(O)[C@@H]1[C@@H](CC2CCNCC2)C(=O)N1C(=O)N1CCN(C(=O)Cc2ccc3c(c2)OCO3)CC1. The van der Waals surface area contributed by atoms with Gasteiger partial charge in [-0.05, 0) is 56.0 Å². The van der Waals surface area contributed by atoms with Crippen molar-refractivity contribution < 1.29 is 33.8 Å². The number of ether oxygens (including phenoxy) is 2. The zero-order valence-corrected chi connectivity index (χ0v) is 19.5. The summed E-state index contributed by atoms with van der Waals surface area (Å²) in [7, 11) is 0. The van der Waals surface area contributed by atoms with Crippen LogP contribution in [0.15, 0.2) is 18.2 Å². The molecule has 35 heavy (non-hydrogen) atoms. The van der Waals surface area contributed by atoms with Crippen molar-refractivity contribution in [3.63, 3.8) is 0 Å². The van der Waals surface area contributed by atoms with Crippen molar-refractivity contribution in [1.82, 2.24) is 20.0 Å². The maximum atomic E-state index is 13.0. The van der Waals surface area contributed by atoms with Gasteiger partial charge in [0.1, 0.15) is 0 Å². The summed E-state index contributed by atoms with van der Waals surface area (Å²) in [6.07, 6.45) is 2.52. The Labute approximate surface area is 202 Å². The van der Waals surface area contributed by atoms with Crippen molar-refractivity contribution in [3.05, 3.63) is 23.8 Å². The number of imide groups is 1. The molecule has 3 fully saturated rings. The third kappa shape index (κ3) is 4.64. The first kappa shape index (κ1) is 23.4. The molecule has 0 aromatic heterocycles. The summed E-state index contributed by atoms with van der Waals surface area (Å²) in [5.74, 6) is -0.686. The Bertz CT molecular complexity index is 1020. The van der Waals surface area contributed by atoms with Gasteiger partial charge < -0.3 is 29.7 Å². The molecule has 0 unspecified atom stereocenters. The molecule has 11 nitrogen and oxygen atoms in total. The van der Waals surface area contributed by atoms with E-state index < -0.39 is 29.9 Å². The second kappa shape index (κ2) is 9.73. The lowest BCUT2D eigenvalue weighted by atomic mass is 9.78. The van der Waals surface area contributed by atoms with Crippen LogP contribution in [0.25, 0.3) is 0 Å². The summed E-state index contributed by atoms with van der Waals surface area (Å²) in [5.41, 5.74) is 0.813. The summed E-state index contributed by atoms with van der Waals surface area (Å²) in [6, 6.07) is 3.71. The van der Waals surface area contributed by atoms with Gasteiger partial charge >= 0.3 is 12.0 Å².